The fourth-order valence-electron chi connectivity index (χ4n) is 3.08. The quantitative estimate of drug-likeness (QED) is 0.430. The van der Waals surface area contributed by atoms with Gasteiger partial charge in [-0.15, -0.1) is 11.6 Å². The Labute approximate surface area is 167 Å². The lowest BCUT2D eigenvalue weighted by Crippen LogP contribution is -2.14. The van der Waals surface area contributed by atoms with Gasteiger partial charge in [0, 0.05) is 22.5 Å². The Kier molecular flexibility index (Phi) is 5.22. The van der Waals surface area contributed by atoms with Gasteiger partial charge in [-0.1, -0.05) is 60.7 Å². The van der Waals surface area contributed by atoms with E-state index in [4.69, 9.17) is 11.6 Å². The molecule has 5 heteroatoms. The van der Waals surface area contributed by atoms with Crippen molar-refractivity contribution in [2.24, 2.45) is 0 Å². The minimum Gasteiger partial charge on any atom is -0.321 e. The number of carbonyl (C=O) groups is 1. The zero-order chi connectivity index (χ0) is 19.3. The van der Waals surface area contributed by atoms with Crippen molar-refractivity contribution in [1.29, 1.82) is 0 Å². The van der Waals surface area contributed by atoms with Gasteiger partial charge in [0.15, 0.2) is 0 Å². The molecule has 3 aromatic carbocycles. The van der Waals surface area contributed by atoms with E-state index in [2.05, 4.69) is 15.5 Å². The first-order chi connectivity index (χ1) is 13.8. The number of alkyl halides is 1. The Bertz CT molecular complexity index is 1160. The zero-order valence-electron chi connectivity index (χ0n) is 15.0. The Hall–Kier alpha value is -3.37. The fourth-order valence-corrected chi connectivity index (χ4v) is 3.32. The summed E-state index contributed by atoms with van der Waals surface area (Å²) in [7, 11) is 0. The van der Waals surface area contributed by atoms with E-state index in [1.807, 2.05) is 78.9 Å². The number of anilines is 1. The second-order valence-electron chi connectivity index (χ2n) is 6.32. The van der Waals surface area contributed by atoms with Crippen LogP contribution >= 0.6 is 11.6 Å². The van der Waals surface area contributed by atoms with Gasteiger partial charge >= 0.3 is 0 Å². The number of aromatic nitrogens is 2. The van der Waals surface area contributed by atoms with E-state index >= 15 is 0 Å². The lowest BCUT2D eigenvalue weighted by molar-refractivity contribution is 0.102. The van der Waals surface area contributed by atoms with E-state index in [0.717, 1.165) is 33.4 Å². The van der Waals surface area contributed by atoms with E-state index < -0.39 is 0 Å². The molecule has 0 saturated heterocycles. The average molecular weight is 388 g/mol. The largest absolute Gasteiger partial charge is 0.321 e. The van der Waals surface area contributed by atoms with E-state index in [-0.39, 0.29) is 11.8 Å². The second kappa shape index (κ2) is 8.11. The van der Waals surface area contributed by atoms with Crippen molar-refractivity contribution >= 4 is 46.3 Å². The molecule has 0 fully saturated rings. The van der Waals surface area contributed by atoms with Gasteiger partial charge in [0.25, 0.3) is 5.91 Å². The van der Waals surface area contributed by atoms with Crippen LogP contribution in [-0.2, 0) is 5.88 Å². The minimum absolute atomic E-state index is 0.178. The smallest absolute Gasteiger partial charge is 0.255 e. The maximum atomic E-state index is 12.7. The van der Waals surface area contributed by atoms with Crippen molar-refractivity contribution in [2.45, 2.75) is 5.88 Å². The third-order valence-electron chi connectivity index (χ3n) is 4.54. The number of para-hydroxylation sites is 2. The van der Waals surface area contributed by atoms with Crippen LogP contribution in [-0.4, -0.2) is 16.1 Å². The number of hydrogen-bond acceptors (Lipinski definition) is 2. The van der Waals surface area contributed by atoms with Crippen molar-refractivity contribution in [3.8, 4) is 0 Å². The molecule has 28 heavy (non-hydrogen) atoms. The predicted octanol–water partition coefficient (Wildman–Crippen LogP) is 5.72. The topological polar surface area (TPSA) is 57.8 Å². The van der Waals surface area contributed by atoms with E-state index in [1.165, 1.54) is 0 Å². The van der Waals surface area contributed by atoms with E-state index in [9.17, 15) is 4.79 Å². The first-order valence-corrected chi connectivity index (χ1v) is 9.45. The molecule has 0 atom stereocenters. The summed E-state index contributed by atoms with van der Waals surface area (Å²) in [5.41, 5.74) is 4.84. The molecule has 2 N–H and O–H groups in total. The molecular formula is C23H18ClN3O. The molecule has 0 aliphatic heterocycles. The van der Waals surface area contributed by atoms with Crippen LogP contribution in [0.25, 0.3) is 23.1 Å². The highest BCUT2D eigenvalue weighted by atomic mass is 35.5. The summed E-state index contributed by atoms with van der Waals surface area (Å²) >= 11 is 5.96. The van der Waals surface area contributed by atoms with Gasteiger partial charge in [0.1, 0.15) is 0 Å². The van der Waals surface area contributed by atoms with Gasteiger partial charge in [0.2, 0.25) is 0 Å². The molecular weight excluding hydrogens is 370 g/mol. The van der Waals surface area contributed by atoms with E-state index in [1.54, 1.807) is 6.07 Å². The number of aromatic amines is 1. The molecule has 4 aromatic rings. The summed E-state index contributed by atoms with van der Waals surface area (Å²) in [6, 6.07) is 23.0. The molecule has 4 rings (SSSR count). The van der Waals surface area contributed by atoms with Gasteiger partial charge in [0.05, 0.1) is 11.2 Å². The third-order valence-corrected chi connectivity index (χ3v) is 4.82. The van der Waals surface area contributed by atoms with Crippen molar-refractivity contribution in [3.05, 3.63) is 95.2 Å². The molecule has 138 valence electrons. The van der Waals surface area contributed by atoms with Crippen LogP contribution in [0.2, 0.25) is 0 Å². The van der Waals surface area contributed by atoms with Crippen LogP contribution in [0.15, 0.2) is 72.8 Å². The normalized spacial score (nSPS) is 11.2. The predicted molar refractivity (Wildman–Crippen MR) is 115 cm³/mol. The number of hydrogen-bond donors (Lipinski definition) is 2. The summed E-state index contributed by atoms with van der Waals surface area (Å²) in [6.07, 6.45) is 3.89. The molecule has 0 unspecified atom stereocenters. The highest BCUT2D eigenvalue weighted by molar-refractivity contribution is 6.18. The molecule has 0 spiro atoms. The molecule has 1 amide bonds. The monoisotopic (exact) mass is 387 g/mol. The number of rotatable bonds is 5. The number of benzene rings is 3. The zero-order valence-corrected chi connectivity index (χ0v) is 15.8. The molecule has 0 aliphatic carbocycles. The van der Waals surface area contributed by atoms with Crippen molar-refractivity contribution in [1.82, 2.24) is 10.2 Å². The second-order valence-corrected chi connectivity index (χ2v) is 6.59. The number of fused-ring (bicyclic) bond motifs is 1. The van der Waals surface area contributed by atoms with Crippen LogP contribution in [0.4, 0.5) is 5.69 Å². The lowest BCUT2D eigenvalue weighted by Gasteiger charge is -2.10. The molecule has 4 nitrogen and oxygen atoms in total. The van der Waals surface area contributed by atoms with Crippen molar-refractivity contribution in [3.63, 3.8) is 0 Å². The third kappa shape index (κ3) is 3.68. The summed E-state index contributed by atoms with van der Waals surface area (Å²) in [5.74, 6) is 0.111. The van der Waals surface area contributed by atoms with Gasteiger partial charge in [-0.2, -0.15) is 5.10 Å². The van der Waals surface area contributed by atoms with Crippen LogP contribution < -0.4 is 5.32 Å². The Morgan fingerprint density at radius 2 is 1.71 bits per heavy atom. The maximum Gasteiger partial charge on any atom is 0.255 e. The number of carbonyl (C=O) groups excluding carboxylic acids is 1. The number of nitrogens with one attached hydrogen (secondary N) is 2. The Morgan fingerprint density at radius 1 is 0.964 bits per heavy atom. The summed E-state index contributed by atoms with van der Waals surface area (Å²) in [5, 5.41) is 11.4. The number of H-pyrrole nitrogens is 1. The van der Waals surface area contributed by atoms with Gasteiger partial charge < -0.3 is 5.32 Å². The molecule has 1 heterocycles. The average Bonchev–Trinajstić information content (AvgIpc) is 3.16. The number of amides is 1. The van der Waals surface area contributed by atoms with E-state index in [0.29, 0.717) is 5.56 Å². The Morgan fingerprint density at radius 3 is 2.61 bits per heavy atom. The van der Waals surface area contributed by atoms with Crippen LogP contribution in [0.1, 0.15) is 27.2 Å². The lowest BCUT2D eigenvalue weighted by atomic mass is 10.1. The first-order valence-electron chi connectivity index (χ1n) is 8.91. The van der Waals surface area contributed by atoms with Gasteiger partial charge in [-0.25, -0.2) is 0 Å². The first kappa shape index (κ1) is 18.0. The molecule has 0 radical (unpaired) electrons. The Balaban J connectivity index is 1.61. The van der Waals surface area contributed by atoms with Gasteiger partial charge in [-0.05, 0) is 35.4 Å². The highest BCUT2D eigenvalue weighted by Gasteiger charge is 2.12. The van der Waals surface area contributed by atoms with Crippen LogP contribution in [0, 0.1) is 0 Å². The maximum absolute atomic E-state index is 12.7. The molecule has 0 bridgehead atoms. The van der Waals surface area contributed by atoms with Crippen LogP contribution in [0.3, 0.4) is 0 Å². The minimum atomic E-state index is -0.178. The number of nitrogens with zero attached hydrogens (tertiary/aromatic N) is 1. The van der Waals surface area contributed by atoms with Crippen LogP contribution in [0.5, 0.6) is 0 Å². The standard InChI is InChI=1S/C23H18ClN3O/c24-15-17-8-1-3-9-18(17)23(28)25-20-11-5-2-7-16(20)13-14-22-19-10-4-6-12-21(19)26-27-22/h1-14H,15H2,(H,25,28)(H,26,27)/b14-13+. The SMILES string of the molecule is O=C(Nc1ccccc1/C=C/c1n[nH]c2ccccc12)c1ccccc1CCl. The molecule has 0 aliphatic rings. The van der Waals surface area contributed by atoms with Gasteiger partial charge in [-0.3, -0.25) is 9.89 Å². The molecule has 0 saturated carbocycles. The van der Waals surface area contributed by atoms with Crippen molar-refractivity contribution < 1.29 is 4.79 Å². The summed E-state index contributed by atoms with van der Waals surface area (Å²) < 4.78 is 0. The fraction of sp³-hybridized carbons (Fsp3) is 0.0435. The summed E-state index contributed by atoms with van der Waals surface area (Å²) in [4.78, 5) is 12.7. The molecule has 1 aromatic heterocycles. The highest BCUT2D eigenvalue weighted by Crippen LogP contribution is 2.22. The van der Waals surface area contributed by atoms with Crippen molar-refractivity contribution in [2.75, 3.05) is 5.32 Å². The summed E-state index contributed by atoms with van der Waals surface area (Å²) in [6.45, 7) is 0. The number of halogens is 1.